The second-order valence-corrected chi connectivity index (χ2v) is 5.68. The van der Waals surface area contributed by atoms with Crippen LogP contribution in [0.2, 0.25) is 10.0 Å². The molecule has 0 spiro atoms. The highest BCUT2D eigenvalue weighted by Gasteiger charge is 2.68. The van der Waals surface area contributed by atoms with Gasteiger partial charge in [-0.2, -0.15) is 0 Å². The first-order valence-electron chi connectivity index (χ1n) is 5.03. The summed E-state index contributed by atoms with van der Waals surface area (Å²) in [6.45, 7) is 0. The van der Waals surface area contributed by atoms with E-state index in [1.54, 1.807) is 0 Å². The molecule has 0 amide bonds. The summed E-state index contributed by atoms with van der Waals surface area (Å²) in [5.74, 6) is 5.50. The van der Waals surface area contributed by atoms with Crippen LogP contribution < -0.4 is 11.3 Å². The van der Waals surface area contributed by atoms with E-state index in [9.17, 15) is 0 Å². The summed E-state index contributed by atoms with van der Waals surface area (Å²) < 4.78 is 0. The molecule has 0 atom stereocenters. The molecular formula is C11H12Cl2N2. The van der Waals surface area contributed by atoms with Gasteiger partial charge in [0.1, 0.15) is 0 Å². The van der Waals surface area contributed by atoms with Crippen LogP contribution in [0.15, 0.2) is 18.2 Å². The number of hydrazine groups is 1. The van der Waals surface area contributed by atoms with Gasteiger partial charge >= 0.3 is 0 Å². The molecule has 2 bridgehead atoms. The molecule has 2 nitrogen and oxygen atoms in total. The van der Waals surface area contributed by atoms with Crippen LogP contribution in [0, 0.1) is 0 Å². The fourth-order valence-corrected chi connectivity index (χ4v) is 3.37. The van der Waals surface area contributed by atoms with E-state index < -0.39 is 0 Å². The largest absolute Gasteiger partial charge is 0.271 e. The minimum absolute atomic E-state index is 0.214. The molecule has 80 valence electrons. The Kier molecular flexibility index (Phi) is 1.91. The van der Waals surface area contributed by atoms with Crippen molar-refractivity contribution in [1.82, 2.24) is 5.43 Å². The first-order chi connectivity index (χ1) is 7.09. The van der Waals surface area contributed by atoms with E-state index in [-0.39, 0.29) is 5.54 Å². The molecule has 0 heterocycles. The van der Waals surface area contributed by atoms with Gasteiger partial charge in [0, 0.05) is 11.0 Å². The zero-order valence-electron chi connectivity index (χ0n) is 8.19. The van der Waals surface area contributed by atoms with Crippen LogP contribution in [0.25, 0.3) is 0 Å². The first-order valence-corrected chi connectivity index (χ1v) is 5.78. The Hall–Kier alpha value is -0.280. The smallest absolute Gasteiger partial charge is 0.0595 e. The van der Waals surface area contributed by atoms with Crippen molar-refractivity contribution >= 4 is 23.2 Å². The lowest BCUT2D eigenvalue weighted by Crippen LogP contribution is -2.77. The Morgan fingerprint density at radius 1 is 1.13 bits per heavy atom. The van der Waals surface area contributed by atoms with Gasteiger partial charge in [0.25, 0.3) is 0 Å². The van der Waals surface area contributed by atoms with Crippen molar-refractivity contribution in [3.05, 3.63) is 33.8 Å². The van der Waals surface area contributed by atoms with E-state index in [0.717, 1.165) is 19.3 Å². The predicted octanol–water partition coefficient (Wildman–Crippen LogP) is 2.63. The number of hydrogen-bond acceptors (Lipinski definition) is 2. The highest BCUT2D eigenvalue weighted by molar-refractivity contribution is 6.42. The van der Waals surface area contributed by atoms with Gasteiger partial charge in [0.05, 0.1) is 10.0 Å². The molecule has 3 saturated carbocycles. The van der Waals surface area contributed by atoms with Gasteiger partial charge < -0.3 is 0 Å². The molecule has 0 aromatic heterocycles. The second-order valence-electron chi connectivity index (χ2n) is 4.86. The molecule has 15 heavy (non-hydrogen) atoms. The molecule has 3 fully saturated rings. The third kappa shape index (κ3) is 1.19. The van der Waals surface area contributed by atoms with Gasteiger partial charge in [-0.3, -0.25) is 11.3 Å². The monoisotopic (exact) mass is 242 g/mol. The summed E-state index contributed by atoms with van der Waals surface area (Å²) in [7, 11) is 0. The summed E-state index contributed by atoms with van der Waals surface area (Å²) in [6, 6.07) is 5.94. The minimum atomic E-state index is 0.214. The third-order valence-electron chi connectivity index (χ3n) is 3.87. The zero-order chi connectivity index (χ0) is 10.7. The van der Waals surface area contributed by atoms with E-state index in [0.29, 0.717) is 15.5 Å². The molecule has 4 rings (SSSR count). The number of hydrogen-bond donors (Lipinski definition) is 2. The van der Waals surface area contributed by atoms with Gasteiger partial charge in [-0.1, -0.05) is 29.3 Å². The SMILES string of the molecule is NNC12CC(c3ccc(Cl)c(Cl)c3)(C1)C2. The molecule has 0 radical (unpaired) electrons. The standard InChI is InChI=1S/C11H12Cl2N2/c12-8-2-1-7(3-9(8)13)10-4-11(5-10,6-10)15-14/h1-3,15H,4-6,14H2. The number of halogens is 2. The lowest BCUT2D eigenvalue weighted by Gasteiger charge is -2.70. The van der Waals surface area contributed by atoms with Crippen LogP contribution in [-0.2, 0) is 5.41 Å². The molecule has 0 saturated heterocycles. The van der Waals surface area contributed by atoms with Crippen molar-refractivity contribution in [1.29, 1.82) is 0 Å². The quantitative estimate of drug-likeness (QED) is 0.619. The third-order valence-corrected chi connectivity index (χ3v) is 4.61. The maximum Gasteiger partial charge on any atom is 0.0595 e. The van der Waals surface area contributed by atoms with E-state index in [1.807, 2.05) is 12.1 Å². The van der Waals surface area contributed by atoms with E-state index in [2.05, 4.69) is 11.5 Å². The number of benzene rings is 1. The van der Waals surface area contributed by atoms with Gasteiger partial charge in [-0.05, 0) is 37.0 Å². The highest BCUT2D eigenvalue weighted by atomic mass is 35.5. The lowest BCUT2D eigenvalue weighted by molar-refractivity contribution is -0.0882. The van der Waals surface area contributed by atoms with Crippen molar-refractivity contribution in [3.63, 3.8) is 0 Å². The number of nitrogens with two attached hydrogens (primary N) is 1. The predicted molar refractivity (Wildman–Crippen MR) is 62.0 cm³/mol. The highest BCUT2D eigenvalue weighted by Crippen LogP contribution is 2.67. The summed E-state index contributed by atoms with van der Waals surface area (Å²) in [5.41, 5.74) is 4.74. The maximum atomic E-state index is 6.01. The lowest BCUT2D eigenvalue weighted by atomic mass is 9.38. The fraction of sp³-hybridized carbons (Fsp3) is 0.455. The maximum absolute atomic E-state index is 6.01. The van der Waals surface area contributed by atoms with Crippen LogP contribution in [0.1, 0.15) is 24.8 Å². The zero-order valence-corrected chi connectivity index (χ0v) is 9.70. The van der Waals surface area contributed by atoms with E-state index in [1.165, 1.54) is 5.56 Å². The van der Waals surface area contributed by atoms with Crippen molar-refractivity contribution in [3.8, 4) is 0 Å². The summed E-state index contributed by atoms with van der Waals surface area (Å²) in [4.78, 5) is 0. The second kappa shape index (κ2) is 2.89. The Balaban J connectivity index is 1.88. The summed E-state index contributed by atoms with van der Waals surface area (Å²) in [5, 5.41) is 1.27. The molecule has 1 aromatic carbocycles. The number of nitrogens with one attached hydrogen (secondary N) is 1. The van der Waals surface area contributed by atoms with Crippen molar-refractivity contribution in [2.75, 3.05) is 0 Å². The van der Waals surface area contributed by atoms with Crippen molar-refractivity contribution in [2.45, 2.75) is 30.2 Å². The number of rotatable bonds is 2. The Morgan fingerprint density at radius 3 is 2.33 bits per heavy atom. The van der Waals surface area contributed by atoms with Gasteiger partial charge in [-0.15, -0.1) is 0 Å². The van der Waals surface area contributed by atoms with Gasteiger partial charge in [0.15, 0.2) is 0 Å². The Bertz CT molecular complexity index is 411. The molecule has 3 aliphatic rings. The normalized spacial score (nSPS) is 37.0. The molecule has 1 aromatic rings. The van der Waals surface area contributed by atoms with Gasteiger partial charge in [-0.25, -0.2) is 0 Å². The molecular weight excluding hydrogens is 231 g/mol. The van der Waals surface area contributed by atoms with E-state index in [4.69, 9.17) is 29.0 Å². The molecule has 0 aliphatic heterocycles. The van der Waals surface area contributed by atoms with Crippen LogP contribution in [0.4, 0.5) is 0 Å². The molecule has 3 N–H and O–H groups in total. The molecule has 4 heteroatoms. The van der Waals surface area contributed by atoms with Crippen molar-refractivity contribution < 1.29 is 0 Å². The topological polar surface area (TPSA) is 38.0 Å². The summed E-state index contributed by atoms with van der Waals surface area (Å²) in [6.07, 6.45) is 3.36. The van der Waals surface area contributed by atoms with Crippen LogP contribution in [0.5, 0.6) is 0 Å². The fourth-order valence-electron chi connectivity index (χ4n) is 3.07. The first kappa shape index (κ1) is 9.91. The Labute approximate surface area is 98.7 Å². The minimum Gasteiger partial charge on any atom is -0.271 e. The van der Waals surface area contributed by atoms with Gasteiger partial charge in [0.2, 0.25) is 0 Å². The molecule has 0 unspecified atom stereocenters. The summed E-state index contributed by atoms with van der Waals surface area (Å²) >= 11 is 11.9. The average Bonchev–Trinajstić information content (AvgIpc) is 2.07. The van der Waals surface area contributed by atoms with Crippen LogP contribution in [0.3, 0.4) is 0 Å². The van der Waals surface area contributed by atoms with Crippen LogP contribution in [-0.4, -0.2) is 5.54 Å². The molecule has 3 aliphatic carbocycles. The Morgan fingerprint density at radius 2 is 1.80 bits per heavy atom. The van der Waals surface area contributed by atoms with Crippen LogP contribution >= 0.6 is 23.2 Å². The average molecular weight is 243 g/mol. The van der Waals surface area contributed by atoms with E-state index >= 15 is 0 Å². The van der Waals surface area contributed by atoms with Crippen molar-refractivity contribution in [2.24, 2.45) is 5.84 Å².